The lowest BCUT2D eigenvalue weighted by Gasteiger charge is -2.01. The van der Waals surface area contributed by atoms with Crippen LogP contribution in [0.5, 0.6) is 0 Å². The molecule has 0 bridgehead atoms. The van der Waals surface area contributed by atoms with Crippen LogP contribution in [0.15, 0.2) is 51.6 Å². The molecule has 3 aromatic heterocycles. The maximum absolute atomic E-state index is 12.2. The molecular weight excluding hydrogens is 414 g/mol. The first-order valence-electron chi connectivity index (χ1n) is 8.55. The summed E-state index contributed by atoms with van der Waals surface area (Å²) in [5.74, 6) is 1.29. The molecule has 8 heteroatoms. The molecular formula is C20H16ClN3O2S2. The van der Waals surface area contributed by atoms with Crippen LogP contribution < -0.4 is 5.32 Å². The van der Waals surface area contributed by atoms with Crippen LogP contribution in [0.1, 0.15) is 16.5 Å². The Morgan fingerprint density at radius 2 is 2.07 bits per heavy atom. The lowest BCUT2D eigenvalue weighted by atomic mass is 10.2. The van der Waals surface area contributed by atoms with Crippen LogP contribution in [0.4, 0.5) is 0 Å². The van der Waals surface area contributed by atoms with E-state index in [-0.39, 0.29) is 12.3 Å². The van der Waals surface area contributed by atoms with Gasteiger partial charge in [0.2, 0.25) is 5.91 Å². The molecule has 0 aliphatic carbocycles. The van der Waals surface area contributed by atoms with Gasteiger partial charge in [0.1, 0.15) is 16.5 Å². The number of rotatable bonds is 6. The van der Waals surface area contributed by atoms with Crippen molar-refractivity contribution in [3.05, 3.63) is 68.6 Å². The highest BCUT2D eigenvalue weighted by atomic mass is 35.5. The van der Waals surface area contributed by atoms with Gasteiger partial charge < -0.3 is 9.73 Å². The number of aromatic nitrogens is 2. The number of hydrogen-bond donors (Lipinski definition) is 1. The molecule has 0 atom stereocenters. The number of carbonyl (C=O) groups is 1. The molecule has 3 heterocycles. The highest BCUT2D eigenvalue weighted by Crippen LogP contribution is 2.26. The van der Waals surface area contributed by atoms with E-state index in [0.29, 0.717) is 23.1 Å². The van der Waals surface area contributed by atoms with Gasteiger partial charge in [-0.25, -0.2) is 9.97 Å². The van der Waals surface area contributed by atoms with Gasteiger partial charge in [0.15, 0.2) is 5.76 Å². The van der Waals surface area contributed by atoms with E-state index in [1.54, 1.807) is 11.3 Å². The van der Waals surface area contributed by atoms with Crippen LogP contribution in [-0.2, 0) is 17.8 Å². The average Bonchev–Trinajstić information content (AvgIpc) is 3.40. The number of amides is 1. The van der Waals surface area contributed by atoms with Crippen molar-refractivity contribution in [3.8, 4) is 22.0 Å². The summed E-state index contributed by atoms with van der Waals surface area (Å²) < 4.78 is 5.76. The lowest BCUT2D eigenvalue weighted by molar-refractivity contribution is -0.120. The summed E-state index contributed by atoms with van der Waals surface area (Å²) in [6.07, 6.45) is 0.218. The first-order chi connectivity index (χ1) is 13.6. The summed E-state index contributed by atoms with van der Waals surface area (Å²) in [6.45, 7) is 2.28. The molecule has 4 rings (SSSR count). The fraction of sp³-hybridized carbons (Fsp3) is 0.150. The zero-order valence-electron chi connectivity index (χ0n) is 14.9. The molecule has 142 valence electrons. The molecule has 0 fully saturated rings. The Kier molecular flexibility index (Phi) is 5.57. The topological polar surface area (TPSA) is 68.0 Å². The summed E-state index contributed by atoms with van der Waals surface area (Å²) in [4.78, 5) is 21.2. The number of nitrogens with one attached hydrogen (secondary N) is 1. The maximum Gasteiger partial charge on any atom is 0.226 e. The molecule has 1 amide bonds. The van der Waals surface area contributed by atoms with Crippen molar-refractivity contribution in [2.75, 3.05) is 0 Å². The van der Waals surface area contributed by atoms with E-state index < -0.39 is 0 Å². The zero-order valence-corrected chi connectivity index (χ0v) is 17.3. The van der Waals surface area contributed by atoms with Crippen LogP contribution in [0, 0.1) is 6.92 Å². The molecule has 0 saturated heterocycles. The summed E-state index contributed by atoms with van der Waals surface area (Å²) in [7, 11) is 0. The molecule has 0 aliphatic rings. The van der Waals surface area contributed by atoms with Gasteiger partial charge in [-0.05, 0) is 31.2 Å². The molecule has 4 aromatic rings. The predicted molar refractivity (Wildman–Crippen MR) is 113 cm³/mol. The number of thiazole rings is 2. The summed E-state index contributed by atoms with van der Waals surface area (Å²) in [5, 5.41) is 9.22. The zero-order chi connectivity index (χ0) is 19.5. The summed E-state index contributed by atoms with van der Waals surface area (Å²) >= 11 is 9.10. The van der Waals surface area contributed by atoms with Gasteiger partial charge in [-0.1, -0.05) is 23.7 Å². The predicted octanol–water partition coefficient (Wildman–Crippen LogP) is 5.35. The van der Waals surface area contributed by atoms with Gasteiger partial charge >= 0.3 is 0 Å². The molecule has 1 aromatic carbocycles. The summed E-state index contributed by atoms with van der Waals surface area (Å²) in [6, 6.07) is 11.2. The van der Waals surface area contributed by atoms with Gasteiger partial charge in [0.25, 0.3) is 0 Å². The van der Waals surface area contributed by atoms with E-state index in [1.165, 1.54) is 11.3 Å². The van der Waals surface area contributed by atoms with Crippen LogP contribution >= 0.6 is 34.3 Å². The highest BCUT2D eigenvalue weighted by Gasteiger charge is 2.11. The molecule has 28 heavy (non-hydrogen) atoms. The average molecular weight is 430 g/mol. The van der Waals surface area contributed by atoms with Crippen LogP contribution in [0.2, 0.25) is 5.02 Å². The monoisotopic (exact) mass is 429 g/mol. The maximum atomic E-state index is 12.2. The van der Waals surface area contributed by atoms with Gasteiger partial charge in [-0.15, -0.1) is 22.7 Å². The van der Waals surface area contributed by atoms with Crippen LogP contribution in [-0.4, -0.2) is 15.9 Å². The molecule has 1 N–H and O–H groups in total. The first-order valence-corrected chi connectivity index (χ1v) is 10.7. The smallest absolute Gasteiger partial charge is 0.226 e. The van der Waals surface area contributed by atoms with Gasteiger partial charge in [-0.3, -0.25) is 4.79 Å². The SMILES string of the molecule is Cc1nc(-c2ccc(CNC(=O)Cc3csc(-c4cccc(Cl)c4)n3)o2)cs1. The van der Waals surface area contributed by atoms with Gasteiger partial charge in [-0.2, -0.15) is 0 Å². The van der Waals surface area contributed by atoms with E-state index in [2.05, 4.69) is 15.3 Å². The van der Waals surface area contributed by atoms with Crippen molar-refractivity contribution in [1.29, 1.82) is 0 Å². The Labute approximate surface area is 175 Å². The highest BCUT2D eigenvalue weighted by molar-refractivity contribution is 7.13. The largest absolute Gasteiger partial charge is 0.458 e. The van der Waals surface area contributed by atoms with Crippen molar-refractivity contribution < 1.29 is 9.21 Å². The molecule has 0 radical (unpaired) electrons. The minimum atomic E-state index is -0.106. The Balaban J connectivity index is 1.33. The van der Waals surface area contributed by atoms with E-state index >= 15 is 0 Å². The first kappa shape index (κ1) is 18.9. The third-order valence-electron chi connectivity index (χ3n) is 3.96. The Morgan fingerprint density at radius 1 is 1.18 bits per heavy atom. The third kappa shape index (κ3) is 4.49. The van der Waals surface area contributed by atoms with E-state index in [0.717, 1.165) is 27.0 Å². The van der Waals surface area contributed by atoms with E-state index in [1.807, 2.05) is 54.1 Å². The molecule has 5 nitrogen and oxygen atoms in total. The number of hydrogen-bond acceptors (Lipinski definition) is 6. The number of carbonyl (C=O) groups excluding carboxylic acids is 1. The minimum Gasteiger partial charge on any atom is -0.458 e. The number of benzene rings is 1. The molecule has 0 saturated carbocycles. The second-order valence-electron chi connectivity index (χ2n) is 6.13. The van der Waals surface area contributed by atoms with E-state index in [9.17, 15) is 4.79 Å². The fourth-order valence-corrected chi connectivity index (χ4v) is 4.25. The van der Waals surface area contributed by atoms with Crippen molar-refractivity contribution >= 4 is 40.2 Å². The second-order valence-corrected chi connectivity index (χ2v) is 8.48. The lowest BCUT2D eigenvalue weighted by Crippen LogP contribution is -2.24. The number of aryl methyl sites for hydroxylation is 1. The van der Waals surface area contributed by atoms with Crippen LogP contribution in [0.25, 0.3) is 22.0 Å². The van der Waals surface area contributed by atoms with Crippen molar-refractivity contribution in [2.45, 2.75) is 19.9 Å². The summed E-state index contributed by atoms with van der Waals surface area (Å²) in [5.41, 5.74) is 2.50. The van der Waals surface area contributed by atoms with Crippen molar-refractivity contribution in [3.63, 3.8) is 0 Å². The minimum absolute atomic E-state index is 0.106. The number of furan rings is 1. The van der Waals surface area contributed by atoms with Crippen molar-refractivity contribution in [2.24, 2.45) is 0 Å². The molecule has 0 spiro atoms. The number of nitrogens with zero attached hydrogens (tertiary/aromatic N) is 2. The fourth-order valence-electron chi connectivity index (χ4n) is 2.64. The van der Waals surface area contributed by atoms with Crippen LogP contribution in [0.3, 0.4) is 0 Å². The Hall–Kier alpha value is -2.48. The van der Waals surface area contributed by atoms with Crippen molar-refractivity contribution in [1.82, 2.24) is 15.3 Å². The Morgan fingerprint density at radius 3 is 2.86 bits per heavy atom. The molecule has 0 aliphatic heterocycles. The number of halogens is 1. The van der Waals surface area contributed by atoms with Gasteiger partial charge in [0.05, 0.1) is 23.7 Å². The second kappa shape index (κ2) is 8.26. The normalized spacial score (nSPS) is 10.9. The Bertz CT molecular complexity index is 1120. The standard InChI is InChI=1S/C20H16ClN3O2S2/c1-12-23-17(11-27-12)18-6-5-16(26-18)9-22-19(25)8-15-10-28-20(24-15)13-3-2-4-14(21)7-13/h2-7,10-11H,8-9H2,1H3,(H,22,25). The van der Waals surface area contributed by atoms with E-state index in [4.69, 9.17) is 16.0 Å². The van der Waals surface area contributed by atoms with Gasteiger partial charge in [0, 0.05) is 21.3 Å². The molecule has 0 unspecified atom stereocenters. The third-order valence-corrected chi connectivity index (χ3v) is 5.91. The quantitative estimate of drug-likeness (QED) is 0.448.